The van der Waals surface area contributed by atoms with E-state index in [9.17, 15) is 0 Å². The highest BCUT2D eigenvalue weighted by Crippen LogP contribution is 2.48. The topological polar surface area (TPSA) is 27.1 Å². The lowest BCUT2D eigenvalue weighted by Crippen LogP contribution is -2.40. The standard InChI is InChI=1S/C9H11IN2O/c10-9(7-1-2-7)5-12-8(13-6-9)3-4-11-12/h3-4,7H,1-2,5-6H2/t9-/m0/s1. The van der Waals surface area contributed by atoms with E-state index in [0.29, 0.717) is 3.42 Å². The van der Waals surface area contributed by atoms with E-state index >= 15 is 0 Å². The summed E-state index contributed by atoms with van der Waals surface area (Å²) in [7, 11) is 0. The van der Waals surface area contributed by atoms with Crippen LogP contribution in [0.5, 0.6) is 5.88 Å². The fraction of sp³-hybridized carbons (Fsp3) is 0.667. The van der Waals surface area contributed by atoms with Crippen molar-refractivity contribution in [2.45, 2.75) is 22.8 Å². The number of halogens is 1. The van der Waals surface area contributed by atoms with E-state index in [0.717, 1.165) is 24.9 Å². The summed E-state index contributed by atoms with van der Waals surface area (Å²) in [6.07, 6.45) is 4.54. The van der Waals surface area contributed by atoms with Gasteiger partial charge in [0, 0.05) is 6.07 Å². The van der Waals surface area contributed by atoms with Crippen molar-refractivity contribution >= 4 is 22.6 Å². The van der Waals surface area contributed by atoms with Crippen LogP contribution >= 0.6 is 22.6 Å². The van der Waals surface area contributed by atoms with E-state index in [2.05, 4.69) is 27.7 Å². The van der Waals surface area contributed by atoms with Gasteiger partial charge in [0.25, 0.3) is 0 Å². The summed E-state index contributed by atoms with van der Waals surface area (Å²) >= 11 is 2.55. The van der Waals surface area contributed by atoms with Gasteiger partial charge in [-0.05, 0) is 18.8 Å². The Kier molecular flexibility index (Phi) is 1.63. The Morgan fingerprint density at radius 1 is 1.62 bits per heavy atom. The van der Waals surface area contributed by atoms with E-state index < -0.39 is 0 Å². The molecule has 3 nitrogen and oxygen atoms in total. The molecule has 2 heterocycles. The van der Waals surface area contributed by atoms with E-state index in [4.69, 9.17) is 4.74 Å². The summed E-state index contributed by atoms with van der Waals surface area (Å²) in [5.74, 6) is 1.78. The molecule has 4 heteroatoms. The van der Waals surface area contributed by atoms with Gasteiger partial charge in [0.05, 0.1) is 16.2 Å². The zero-order chi connectivity index (χ0) is 8.89. The fourth-order valence-corrected chi connectivity index (χ4v) is 3.00. The van der Waals surface area contributed by atoms with Crippen LogP contribution in [0.3, 0.4) is 0 Å². The molecule has 0 aromatic carbocycles. The molecule has 2 aliphatic rings. The molecule has 0 bridgehead atoms. The van der Waals surface area contributed by atoms with Gasteiger partial charge in [0.2, 0.25) is 5.88 Å². The molecule has 70 valence electrons. The smallest absolute Gasteiger partial charge is 0.211 e. The number of fused-ring (bicyclic) bond motifs is 1. The van der Waals surface area contributed by atoms with Crippen molar-refractivity contribution in [1.82, 2.24) is 9.78 Å². The normalized spacial score (nSPS) is 32.4. The third kappa shape index (κ3) is 1.26. The molecular weight excluding hydrogens is 279 g/mol. The molecule has 0 N–H and O–H groups in total. The van der Waals surface area contributed by atoms with Gasteiger partial charge in [-0.1, -0.05) is 22.6 Å². The first-order chi connectivity index (χ1) is 6.28. The third-order valence-corrected chi connectivity index (χ3v) is 4.39. The maximum Gasteiger partial charge on any atom is 0.211 e. The number of ether oxygens (including phenoxy) is 1. The molecular formula is C9H11IN2O. The van der Waals surface area contributed by atoms with Gasteiger partial charge in [-0.25, -0.2) is 4.68 Å². The predicted octanol–water partition coefficient (Wildman–Crippen LogP) is 1.86. The lowest BCUT2D eigenvalue weighted by molar-refractivity contribution is 0.182. The van der Waals surface area contributed by atoms with Crippen LogP contribution in [0.15, 0.2) is 12.3 Å². The second kappa shape index (κ2) is 2.62. The lowest BCUT2D eigenvalue weighted by atomic mass is 10.0. The van der Waals surface area contributed by atoms with Gasteiger partial charge in [0.1, 0.15) is 6.61 Å². The molecule has 1 aromatic rings. The van der Waals surface area contributed by atoms with Crippen LogP contribution in [0.4, 0.5) is 0 Å². The predicted molar refractivity (Wildman–Crippen MR) is 57.2 cm³/mol. The molecule has 13 heavy (non-hydrogen) atoms. The molecule has 1 aliphatic carbocycles. The Bertz CT molecular complexity index is 334. The van der Waals surface area contributed by atoms with E-state index in [1.165, 1.54) is 12.8 Å². The maximum absolute atomic E-state index is 5.67. The third-order valence-electron chi connectivity index (χ3n) is 2.86. The van der Waals surface area contributed by atoms with Gasteiger partial charge in [0.15, 0.2) is 0 Å². The first-order valence-corrected chi connectivity index (χ1v) is 5.69. The van der Waals surface area contributed by atoms with Gasteiger partial charge in [-0.15, -0.1) is 0 Å². The first kappa shape index (κ1) is 8.08. The first-order valence-electron chi connectivity index (χ1n) is 4.61. The minimum atomic E-state index is 0.302. The highest BCUT2D eigenvalue weighted by Gasteiger charge is 2.46. The SMILES string of the molecule is I[C@]1(C2CC2)COc2ccnn2C1. The van der Waals surface area contributed by atoms with Gasteiger partial charge in [-0.2, -0.15) is 5.10 Å². The Hall–Kier alpha value is -0.260. The van der Waals surface area contributed by atoms with Gasteiger partial charge in [-0.3, -0.25) is 0 Å². The molecule has 0 radical (unpaired) electrons. The summed E-state index contributed by atoms with van der Waals surface area (Å²) in [6.45, 7) is 1.87. The maximum atomic E-state index is 5.67. The van der Waals surface area contributed by atoms with Crippen molar-refractivity contribution in [3.05, 3.63) is 12.3 Å². The van der Waals surface area contributed by atoms with E-state index in [1.54, 1.807) is 0 Å². The summed E-state index contributed by atoms with van der Waals surface area (Å²) in [5.41, 5.74) is 0. The Balaban J connectivity index is 1.91. The number of alkyl halides is 1. The van der Waals surface area contributed by atoms with Crippen LogP contribution in [0, 0.1) is 5.92 Å². The molecule has 1 fully saturated rings. The zero-order valence-corrected chi connectivity index (χ0v) is 9.40. The van der Waals surface area contributed by atoms with E-state index in [-0.39, 0.29) is 0 Å². The minimum absolute atomic E-state index is 0.302. The van der Waals surface area contributed by atoms with E-state index in [1.807, 2.05) is 16.9 Å². The van der Waals surface area contributed by atoms with Crippen LogP contribution in [-0.2, 0) is 6.54 Å². The van der Waals surface area contributed by atoms with Crippen LogP contribution in [-0.4, -0.2) is 19.8 Å². The quantitative estimate of drug-likeness (QED) is 0.583. The largest absolute Gasteiger partial charge is 0.476 e. The Morgan fingerprint density at radius 2 is 2.46 bits per heavy atom. The highest BCUT2D eigenvalue weighted by atomic mass is 127. The summed E-state index contributed by atoms with van der Waals surface area (Å²) in [6, 6.07) is 1.93. The molecule has 1 aromatic heterocycles. The molecule has 3 rings (SSSR count). The van der Waals surface area contributed by atoms with Crippen molar-refractivity contribution in [2.24, 2.45) is 5.92 Å². The summed E-state index contributed by atoms with van der Waals surface area (Å²) in [5, 5.41) is 4.25. The Labute approximate surface area is 90.6 Å². The second-order valence-corrected chi connectivity index (χ2v) is 6.07. The monoisotopic (exact) mass is 290 g/mol. The van der Waals surface area contributed by atoms with Crippen molar-refractivity contribution in [3.63, 3.8) is 0 Å². The van der Waals surface area contributed by atoms with Gasteiger partial charge >= 0.3 is 0 Å². The number of hydrogen-bond acceptors (Lipinski definition) is 2. The zero-order valence-electron chi connectivity index (χ0n) is 7.24. The van der Waals surface area contributed by atoms with Crippen LogP contribution in [0.2, 0.25) is 0 Å². The molecule has 0 spiro atoms. The number of rotatable bonds is 1. The average molecular weight is 290 g/mol. The number of hydrogen-bond donors (Lipinski definition) is 0. The summed E-state index contributed by atoms with van der Waals surface area (Å²) in [4.78, 5) is 0. The molecule has 1 atom stereocenters. The fourth-order valence-electron chi connectivity index (χ4n) is 1.90. The van der Waals surface area contributed by atoms with Crippen LogP contribution in [0.25, 0.3) is 0 Å². The summed E-state index contributed by atoms with van der Waals surface area (Å²) < 4.78 is 7.96. The number of aromatic nitrogens is 2. The lowest BCUT2D eigenvalue weighted by Gasteiger charge is -2.32. The van der Waals surface area contributed by atoms with Crippen LogP contribution < -0.4 is 4.74 Å². The minimum Gasteiger partial charge on any atom is -0.476 e. The van der Waals surface area contributed by atoms with Crippen molar-refractivity contribution in [1.29, 1.82) is 0 Å². The Morgan fingerprint density at radius 3 is 3.23 bits per heavy atom. The van der Waals surface area contributed by atoms with Crippen LogP contribution in [0.1, 0.15) is 12.8 Å². The molecule has 1 aliphatic heterocycles. The van der Waals surface area contributed by atoms with Gasteiger partial charge < -0.3 is 4.74 Å². The molecule has 1 saturated carbocycles. The number of nitrogens with zero attached hydrogens (tertiary/aromatic N) is 2. The second-order valence-electron chi connectivity index (χ2n) is 3.92. The highest BCUT2D eigenvalue weighted by molar-refractivity contribution is 14.1. The van der Waals surface area contributed by atoms with Crippen molar-refractivity contribution < 1.29 is 4.74 Å². The molecule has 0 saturated heterocycles. The average Bonchev–Trinajstić information content (AvgIpc) is 2.87. The molecule has 0 unspecified atom stereocenters. The molecule has 0 amide bonds. The van der Waals surface area contributed by atoms with Crippen molar-refractivity contribution in [2.75, 3.05) is 6.61 Å². The van der Waals surface area contributed by atoms with Crippen molar-refractivity contribution in [3.8, 4) is 5.88 Å².